The molecule has 3 rings (SSSR count). The molecule has 1 aromatic carbocycles. The van der Waals surface area contributed by atoms with Crippen LogP contribution in [-0.2, 0) is 0 Å². The minimum Gasteiger partial charge on any atom is -0.387 e. The van der Waals surface area contributed by atoms with Gasteiger partial charge >= 0.3 is 0 Å². The fourth-order valence-corrected chi connectivity index (χ4v) is 1.96. The summed E-state index contributed by atoms with van der Waals surface area (Å²) in [5.74, 6) is 0.813. The molecule has 0 radical (unpaired) electrons. The van der Waals surface area contributed by atoms with Crippen molar-refractivity contribution in [1.29, 1.82) is 0 Å². The molecule has 0 unspecified atom stereocenters. The molecule has 2 aromatic rings. The molecular weight excluding hydrogens is 184 g/mol. The van der Waals surface area contributed by atoms with Crippen LogP contribution in [-0.4, -0.2) is 12.0 Å². The summed E-state index contributed by atoms with van der Waals surface area (Å²) in [6, 6.07) is 8.78. The Labute approximate surface area is 89.3 Å². The Morgan fingerprint density at radius 2 is 2.13 bits per heavy atom. The smallest absolute Gasteiger partial charge is 0.0703 e. The highest BCUT2D eigenvalue weighted by molar-refractivity contribution is 5.82. The maximum absolute atomic E-state index is 4.41. The van der Waals surface area contributed by atoms with E-state index in [4.69, 9.17) is 0 Å². The number of nitrogens with zero attached hydrogens (tertiary/aromatic N) is 1. The molecule has 0 saturated heterocycles. The van der Waals surface area contributed by atoms with Crippen molar-refractivity contribution in [2.45, 2.75) is 18.8 Å². The summed E-state index contributed by atoms with van der Waals surface area (Å²) in [5, 5.41) is 4.36. The molecule has 0 amide bonds. The average Bonchev–Trinajstić information content (AvgIpc) is 3.11. The van der Waals surface area contributed by atoms with Crippen LogP contribution in [0.3, 0.4) is 0 Å². The van der Waals surface area contributed by atoms with Crippen LogP contribution >= 0.6 is 0 Å². The van der Waals surface area contributed by atoms with E-state index in [1.165, 1.54) is 23.8 Å². The number of nitrogens with one attached hydrogen (secondary N) is 1. The van der Waals surface area contributed by atoms with Gasteiger partial charge in [0.2, 0.25) is 0 Å². The summed E-state index contributed by atoms with van der Waals surface area (Å²) < 4.78 is 0. The van der Waals surface area contributed by atoms with Crippen molar-refractivity contribution >= 4 is 16.6 Å². The van der Waals surface area contributed by atoms with Gasteiger partial charge in [-0.2, -0.15) is 0 Å². The van der Waals surface area contributed by atoms with Gasteiger partial charge in [0.1, 0.15) is 0 Å². The molecule has 76 valence electrons. The van der Waals surface area contributed by atoms with E-state index >= 15 is 0 Å². The van der Waals surface area contributed by atoms with E-state index < -0.39 is 0 Å². The van der Waals surface area contributed by atoms with Gasteiger partial charge in [-0.3, -0.25) is 4.98 Å². The van der Waals surface area contributed by atoms with E-state index in [1.807, 2.05) is 13.2 Å². The third-order valence-electron chi connectivity index (χ3n) is 3.04. The second kappa shape index (κ2) is 3.23. The SMILES string of the molecule is CNc1cnc2ccc(C3CC3)cc2c1. The third-order valence-corrected chi connectivity index (χ3v) is 3.04. The van der Waals surface area contributed by atoms with E-state index in [0.29, 0.717) is 0 Å². The maximum atomic E-state index is 4.41. The highest BCUT2D eigenvalue weighted by Gasteiger charge is 2.23. The number of aromatic nitrogens is 1. The molecule has 2 heteroatoms. The number of anilines is 1. The Bertz CT molecular complexity index is 501. The van der Waals surface area contributed by atoms with Crippen LogP contribution in [0.1, 0.15) is 24.3 Å². The number of pyridine rings is 1. The van der Waals surface area contributed by atoms with Gasteiger partial charge < -0.3 is 5.32 Å². The summed E-state index contributed by atoms with van der Waals surface area (Å²) in [6.07, 6.45) is 4.58. The molecule has 1 fully saturated rings. The van der Waals surface area contributed by atoms with E-state index in [-0.39, 0.29) is 0 Å². The van der Waals surface area contributed by atoms with Gasteiger partial charge in [0.05, 0.1) is 17.4 Å². The van der Waals surface area contributed by atoms with Crippen LogP contribution in [0.25, 0.3) is 10.9 Å². The van der Waals surface area contributed by atoms with Gasteiger partial charge in [-0.05, 0) is 42.5 Å². The summed E-state index contributed by atoms with van der Waals surface area (Å²) in [6.45, 7) is 0. The highest BCUT2D eigenvalue weighted by Crippen LogP contribution is 2.40. The molecule has 0 atom stereocenters. The molecule has 1 saturated carbocycles. The first-order chi connectivity index (χ1) is 7.36. The third kappa shape index (κ3) is 1.56. The Hall–Kier alpha value is -1.57. The first-order valence-electron chi connectivity index (χ1n) is 5.44. The highest BCUT2D eigenvalue weighted by atomic mass is 14.8. The van der Waals surface area contributed by atoms with Gasteiger partial charge in [0, 0.05) is 12.4 Å². The molecule has 1 aliphatic rings. The lowest BCUT2D eigenvalue weighted by atomic mass is 10.1. The molecule has 1 aliphatic carbocycles. The molecule has 15 heavy (non-hydrogen) atoms. The maximum Gasteiger partial charge on any atom is 0.0703 e. The van der Waals surface area contributed by atoms with E-state index in [1.54, 1.807) is 0 Å². The summed E-state index contributed by atoms with van der Waals surface area (Å²) >= 11 is 0. The van der Waals surface area contributed by atoms with Crippen molar-refractivity contribution in [3.05, 3.63) is 36.0 Å². The monoisotopic (exact) mass is 198 g/mol. The topological polar surface area (TPSA) is 24.9 Å². The van der Waals surface area contributed by atoms with Crippen molar-refractivity contribution in [2.24, 2.45) is 0 Å². The van der Waals surface area contributed by atoms with Crippen molar-refractivity contribution in [2.75, 3.05) is 12.4 Å². The molecule has 1 N–H and O–H groups in total. The minimum atomic E-state index is 0.813. The second-order valence-electron chi connectivity index (χ2n) is 4.20. The van der Waals surface area contributed by atoms with Crippen LogP contribution in [0.15, 0.2) is 30.5 Å². The number of hydrogen-bond acceptors (Lipinski definition) is 2. The zero-order chi connectivity index (χ0) is 10.3. The second-order valence-corrected chi connectivity index (χ2v) is 4.20. The molecule has 0 spiro atoms. The Morgan fingerprint density at radius 1 is 1.27 bits per heavy atom. The van der Waals surface area contributed by atoms with Crippen LogP contribution in [0, 0.1) is 0 Å². The zero-order valence-corrected chi connectivity index (χ0v) is 8.83. The summed E-state index contributed by atoms with van der Waals surface area (Å²) in [4.78, 5) is 4.41. The normalized spacial score (nSPS) is 15.5. The van der Waals surface area contributed by atoms with Crippen molar-refractivity contribution in [3.8, 4) is 0 Å². The fourth-order valence-electron chi connectivity index (χ4n) is 1.96. The van der Waals surface area contributed by atoms with Gasteiger partial charge in [0.15, 0.2) is 0 Å². The van der Waals surface area contributed by atoms with Crippen LogP contribution in [0.5, 0.6) is 0 Å². The van der Waals surface area contributed by atoms with Crippen LogP contribution in [0.2, 0.25) is 0 Å². The lowest BCUT2D eigenvalue weighted by Gasteiger charge is -2.04. The molecular formula is C13H14N2. The number of fused-ring (bicyclic) bond motifs is 1. The summed E-state index contributed by atoms with van der Waals surface area (Å²) in [7, 11) is 1.92. The lowest BCUT2D eigenvalue weighted by Crippen LogP contribution is -1.90. The molecule has 0 bridgehead atoms. The Balaban J connectivity index is 2.14. The minimum absolute atomic E-state index is 0.813. The number of rotatable bonds is 2. The molecule has 0 aliphatic heterocycles. The van der Waals surface area contributed by atoms with Crippen LogP contribution in [0.4, 0.5) is 5.69 Å². The van der Waals surface area contributed by atoms with E-state index in [0.717, 1.165) is 17.1 Å². The van der Waals surface area contributed by atoms with Gasteiger partial charge in [-0.25, -0.2) is 0 Å². The molecule has 2 nitrogen and oxygen atoms in total. The number of hydrogen-bond donors (Lipinski definition) is 1. The predicted octanol–water partition coefficient (Wildman–Crippen LogP) is 3.15. The first kappa shape index (κ1) is 8.72. The Morgan fingerprint density at radius 3 is 2.87 bits per heavy atom. The van der Waals surface area contributed by atoms with Crippen molar-refractivity contribution < 1.29 is 0 Å². The standard InChI is InChI=1S/C13H14N2/c1-14-12-7-11-6-10(9-2-3-9)4-5-13(11)15-8-12/h4-9,14H,2-3H2,1H3. The fraction of sp³-hybridized carbons (Fsp3) is 0.308. The zero-order valence-electron chi connectivity index (χ0n) is 8.83. The van der Waals surface area contributed by atoms with Crippen molar-refractivity contribution in [3.63, 3.8) is 0 Å². The average molecular weight is 198 g/mol. The van der Waals surface area contributed by atoms with Crippen molar-refractivity contribution in [1.82, 2.24) is 4.98 Å². The summed E-state index contributed by atoms with van der Waals surface area (Å²) in [5.41, 5.74) is 3.63. The van der Waals surface area contributed by atoms with Gasteiger partial charge in [-0.1, -0.05) is 6.07 Å². The van der Waals surface area contributed by atoms with E-state index in [9.17, 15) is 0 Å². The lowest BCUT2D eigenvalue weighted by molar-refractivity contribution is 1.13. The molecule has 1 heterocycles. The number of benzene rings is 1. The van der Waals surface area contributed by atoms with Gasteiger partial charge in [-0.15, -0.1) is 0 Å². The largest absolute Gasteiger partial charge is 0.387 e. The van der Waals surface area contributed by atoms with Gasteiger partial charge in [0.25, 0.3) is 0 Å². The first-order valence-corrected chi connectivity index (χ1v) is 5.44. The van der Waals surface area contributed by atoms with Crippen LogP contribution < -0.4 is 5.32 Å². The van der Waals surface area contributed by atoms with E-state index in [2.05, 4.69) is 34.6 Å². The molecule has 1 aromatic heterocycles. The predicted molar refractivity (Wildman–Crippen MR) is 63.3 cm³/mol. The Kier molecular flexibility index (Phi) is 1.88. The quantitative estimate of drug-likeness (QED) is 0.801.